The second-order valence-electron chi connectivity index (χ2n) is 7.12. The lowest BCUT2D eigenvalue weighted by molar-refractivity contribution is 0.0469. The van der Waals surface area contributed by atoms with Crippen molar-refractivity contribution in [3.63, 3.8) is 0 Å². The maximum atomic E-state index is 12.7. The van der Waals surface area contributed by atoms with Crippen LogP contribution in [0, 0.1) is 6.92 Å². The van der Waals surface area contributed by atoms with E-state index in [9.17, 15) is 14.4 Å². The number of aromatic nitrogens is 2. The second kappa shape index (κ2) is 9.39. The van der Waals surface area contributed by atoms with Crippen molar-refractivity contribution in [2.45, 2.75) is 20.5 Å². The summed E-state index contributed by atoms with van der Waals surface area (Å²) in [6.07, 6.45) is 0. The Balaban J connectivity index is 1.47. The maximum absolute atomic E-state index is 12.7. The zero-order chi connectivity index (χ0) is 23.4. The van der Waals surface area contributed by atoms with Gasteiger partial charge in [0.25, 0.3) is 11.5 Å². The van der Waals surface area contributed by atoms with Crippen LogP contribution in [-0.4, -0.2) is 28.0 Å². The number of hydrogen-bond donors (Lipinski definition) is 1. The Labute approximate surface area is 188 Å². The minimum Gasteiger partial charge on any atom is -0.494 e. The molecular formula is C24H21N3O6. The summed E-state index contributed by atoms with van der Waals surface area (Å²) in [6.45, 7) is 3.89. The van der Waals surface area contributed by atoms with E-state index in [0.29, 0.717) is 35.0 Å². The molecule has 0 spiro atoms. The smallest absolute Gasteiger partial charge is 0.340 e. The number of rotatable bonds is 7. The summed E-state index contributed by atoms with van der Waals surface area (Å²) in [6, 6.07) is 16.0. The third-order valence-electron chi connectivity index (χ3n) is 4.70. The maximum Gasteiger partial charge on any atom is 0.340 e. The molecule has 9 nitrogen and oxygen atoms in total. The number of nitrogens with one attached hydrogen (secondary N) is 1. The summed E-state index contributed by atoms with van der Waals surface area (Å²) in [4.78, 5) is 41.7. The molecular weight excluding hydrogens is 426 g/mol. The van der Waals surface area contributed by atoms with E-state index >= 15 is 0 Å². The van der Waals surface area contributed by atoms with Crippen LogP contribution in [0.3, 0.4) is 0 Å². The molecule has 0 aliphatic carbocycles. The summed E-state index contributed by atoms with van der Waals surface area (Å²) in [7, 11) is 0. The highest BCUT2D eigenvalue weighted by molar-refractivity contribution is 6.08. The van der Waals surface area contributed by atoms with Crippen molar-refractivity contribution < 1.29 is 23.6 Å². The number of amides is 1. The Hall–Kier alpha value is -4.40. The zero-order valence-corrected chi connectivity index (χ0v) is 18.0. The van der Waals surface area contributed by atoms with E-state index in [2.05, 4.69) is 10.3 Å². The van der Waals surface area contributed by atoms with E-state index in [1.165, 1.54) is 6.07 Å². The van der Waals surface area contributed by atoms with Crippen molar-refractivity contribution >= 4 is 23.2 Å². The molecule has 0 atom stereocenters. The van der Waals surface area contributed by atoms with Crippen molar-refractivity contribution in [3.8, 4) is 5.75 Å². The van der Waals surface area contributed by atoms with Crippen LogP contribution >= 0.6 is 0 Å². The number of anilines is 1. The third-order valence-corrected chi connectivity index (χ3v) is 4.70. The molecule has 33 heavy (non-hydrogen) atoms. The summed E-state index contributed by atoms with van der Waals surface area (Å²) < 4.78 is 17.0. The molecule has 0 aliphatic rings. The lowest BCUT2D eigenvalue weighted by Crippen LogP contribution is -2.17. The lowest BCUT2D eigenvalue weighted by atomic mass is 10.1. The highest BCUT2D eigenvalue weighted by Crippen LogP contribution is 2.19. The van der Waals surface area contributed by atoms with E-state index in [1.807, 2.05) is 6.92 Å². The number of nitrogens with zero attached hydrogens (tertiary/aromatic N) is 2. The first kappa shape index (κ1) is 21.8. The fraction of sp³-hybridized carbons (Fsp3) is 0.167. The van der Waals surface area contributed by atoms with Crippen molar-refractivity contribution in [2.24, 2.45) is 0 Å². The molecule has 0 saturated heterocycles. The van der Waals surface area contributed by atoms with Gasteiger partial charge in [0, 0.05) is 17.7 Å². The van der Waals surface area contributed by atoms with Crippen LogP contribution in [0.15, 0.2) is 70.0 Å². The molecule has 9 heteroatoms. The number of esters is 1. The summed E-state index contributed by atoms with van der Waals surface area (Å²) in [5, 5.41) is 2.73. The van der Waals surface area contributed by atoms with Crippen LogP contribution in [-0.2, 0) is 11.3 Å². The minimum atomic E-state index is -0.664. The Morgan fingerprint density at radius 1 is 1.09 bits per heavy atom. The molecule has 0 saturated carbocycles. The first-order valence-electron chi connectivity index (χ1n) is 10.2. The standard InChI is InChI=1S/C24H21N3O6/c1-3-31-18-10-8-16(9-11-18)23(29)26-20-7-5-4-6-19(20)24(30)32-14-17-13-22(28)27-21(25-17)12-15(2)33-27/h4-13H,3,14H2,1-2H3,(H,26,29). The molecule has 0 bridgehead atoms. The second-order valence-corrected chi connectivity index (χ2v) is 7.12. The fourth-order valence-electron chi connectivity index (χ4n) is 3.20. The molecule has 1 N–H and O–H groups in total. The van der Waals surface area contributed by atoms with Crippen LogP contribution in [0.1, 0.15) is 39.1 Å². The van der Waals surface area contributed by atoms with E-state index in [0.717, 1.165) is 4.57 Å². The monoisotopic (exact) mass is 447 g/mol. The highest BCUT2D eigenvalue weighted by atomic mass is 16.5. The SMILES string of the molecule is CCOc1ccc(C(=O)Nc2ccccc2C(=O)OCc2cc(=O)n3oc(C)cc3n2)cc1. The largest absolute Gasteiger partial charge is 0.494 e. The van der Waals surface area contributed by atoms with Gasteiger partial charge in [0.2, 0.25) is 0 Å². The van der Waals surface area contributed by atoms with Gasteiger partial charge in [-0.25, -0.2) is 9.78 Å². The molecule has 2 aromatic carbocycles. The molecule has 2 heterocycles. The van der Waals surface area contributed by atoms with E-state index < -0.39 is 11.5 Å². The van der Waals surface area contributed by atoms with Gasteiger partial charge in [0.15, 0.2) is 5.65 Å². The van der Waals surface area contributed by atoms with Gasteiger partial charge in [-0.05, 0) is 50.2 Å². The average Bonchev–Trinajstić information content (AvgIpc) is 3.19. The van der Waals surface area contributed by atoms with Crippen LogP contribution in [0.5, 0.6) is 5.75 Å². The van der Waals surface area contributed by atoms with Crippen molar-refractivity contribution in [1.29, 1.82) is 0 Å². The van der Waals surface area contributed by atoms with Crippen LogP contribution in [0.25, 0.3) is 5.65 Å². The van der Waals surface area contributed by atoms with Gasteiger partial charge in [-0.1, -0.05) is 12.1 Å². The minimum absolute atomic E-state index is 0.175. The molecule has 0 radical (unpaired) electrons. The van der Waals surface area contributed by atoms with Crippen LogP contribution < -0.4 is 15.6 Å². The van der Waals surface area contributed by atoms with Gasteiger partial charge < -0.3 is 19.3 Å². The van der Waals surface area contributed by atoms with Crippen LogP contribution in [0.4, 0.5) is 5.69 Å². The Morgan fingerprint density at radius 3 is 2.61 bits per heavy atom. The first-order chi connectivity index (χ1) is 15.9. The van der Waals surface area contributed by atoms with E-state index in [1.54, 1.807) is 61.5 Å². The quantitative estimate of drug-likeness (QED) is 0.431. The van der Waals surface area contributed by atoms with Crippen molar-refractivity contribution in [3.05, 3.63) is 93.6 Å². The number of aryl methyl sites for hydroxylation is 1. The molecule has 1 amide bonds. The average molecular weight is 447 g/mol. The van der Waals surface area contributed by atoms with Crippen LogP contribution in [0.2, 0.25) is 0 Å². The normalized spacial score (nSPS) is 10.7. The van der Waals surface area contributed by atoms with E-state index in [-0.39, 0.29) is 23.8 Å². The summed E-state index contributed by atoms with van der Waals surface area (Å²) in [5.41, 5.74) is 1.08. The molecule has 4 aromatic rings. The van der Waals surface area contributed by atoms with Gasteiger partial charge in [0.1, 0.15) is 18.1 Å². The Bertz CT molecular complexity index is 1370. The number of para-hydroxylation sites is 1. The third kappa shape index (κ3) is 4.93. The molecule has 0 unspecified atom stereocenters. The van der Waals surface area contributed by atoms with Gasteiger partial charge in [0.05, 0.1) is 23.6 Å². The van der Waals surface area contributed by atoms with Crippen molar-refractivity contribution in [1.82, 2.24) is 9.56 Å². The Morgan fingerprint density at radius 2 is 1.85 bits per heavy atom. The molecule has 0 fully saturated rings. The number of benzene rings is 2. The molecule has 4 rings (SSSR count). The number of fused-ring (bicyclic) bond motifs is 1. The van der Waals surface area contributed by atoms with Gasteiger partial charge in [-0.3, -0.25) is 9.59 Å². The number of ether oxygens (including phenoxy) is 2. The van der Waals surface area contributed by atoms with E-state index in [4.69, 9.17) is 14.0 Å². The predicted molar refractivity (Wildman–Crippen MR) is 120 cm³/mol. The summed E-state index contributed by atoms with van der Waals surface area (Å²) in [5.74, 6) is 0.151. The van der Waals surface area contributed by atoms with Gasteiger partial charge >= 0.3 is 5.97 Å². The number of hydrogen-bond acceptors (Lipinski definition) is 7. The number of carbonyl (C=O) groups excluding carboxylic acids is 2. The van der Waals surface area contributed by atoms with Gasteiger partial charge in [-0.15, -0.1) is 4.57 Å². The predicted octanol–water partition coefficient (Wildman–Crippen LogP) is 3.60. The highest BCUT2D eigenvalue weighted by Gasteiger charge is 2.16. The summed E-state index contributed by atoms with van der Waals surface area (Å²) >= 11 is 0. The fourth-order valence-corrected chi connectivity index (χ4v) is 3.20. The first-order valence-corrected chi connectivity index (χ1v) is 10.2. The zero-order valence-electron chi connectivity index (χ0n) is 18.0. The van der Waals surface area contributed by atoms with Crippen molar-refractivity contribution in [2.75, 3.05) is 11.9 Å². The lowest BCUT2D eigenvalue weighted by Gasteiger charge is -2.11. The molecule has 0 aliphatic heterocycles. The molecule has 2 aromatic heterocycles. The van der Waals surface area contributed by atoms with Gasteiger partial charge in [-0.2, -0.15) is 0 Å². The Kier molecular flexibility index (Phi) is 6.21. The topological polar surface area (TPSA) is 112 Å². The number of carbonyl (C=O) groups is 2. The molecule has 168 valence electrons.